The number of hydrogen-bond acceptors (Lipinski definition) is 4. The molecule has 0 bridgehead atoms. The van der Waals surface area contributed by atoms with Gasteiger partial charge in [-0.05, 0) is 42.7 Å². The van der Waals surface area contributed by atoms with Gasteiger partial charge in [-0.25, -0.2) is 4.98 Å². The lowest BCUT2D eigenvalue weighted by Gasteiger charge is -2.10. The summed E-state index contributed by atoms with van der Waals surface area (Å²) in [5.74, 6) is 1.42. The second-order valence-electron chi connectivity index (χ2n) is 4.95. The Labute approximate surface area is 124 Å². The summed E-state index contributed by atoms with van der Waals surface area (Å²) in [6.45, 7) is 3.85. The minimum Gasteiger partial charge on any atom is -0.496 e. The summed E-state index contributed by atoms with van der Waals surface area (Å²) >= 11 is 0. The zero-order chi connectivity index (χ0) is 15.4. The number of aryl methyl sites for hydroxylation is 2. The van der Waals surface area contributed by atoms with E-state index >= 15 is 0 Å². The second-order valence-corrected chi connectivity index (χ2v) is 4.95. The number of hydrogen-bond donors (Lipinski definition) is 0. The minimum atomic E-state index is 0.0743. The molecule has 0 aliphatic rings. The Morgan fingerprint density at radius 2 is 1.86 bits per heavy atom. The van der Waals surface area contributed by atoms with E-state index < -0.39 is 0 Å². The van der Waals surface area contributed by atoms with Crippen LogP contribution in [-0.4, -0.2) is 25.0 Å². The van der Waals surface area contributed by atoms with E-state index in [-0.39, 0.29) is 5.78 Å². The van der Waals surface area contributed by atoms with Gasteiger partial charge in [-0.15, -0.1) is 0 Å². The first-order valence-electron chi connectivity index (χ1n) is 6.72. The van der Waals surface area contributed by atoms with Gasteiger partial charge >= 0.3 is 0 Å². The van der Waals surface area contributed by atoms with Crippen molar-refractivity contribution in [1.82, 2.24) is 4.98 Å². The molecule has 0 spiro atoms. The molecule has 1 heterocycles. The maximum atomic E-state index is 12.4. The van der Waals surface area contributed by atoms with Crippen molar-refractivity contribution in [3.05, 3.63) is 52.7 Å². The first-order chi connectivity index (χ1) is 10.0. The van der Waals surface area contributed by atoms with Gasteiger partial charge in [-0.1, -0.05) is 6.07 Å². The first-order valence-corrected chi connectivity index (χ1v) is 6.72. The van der Waals surface area contributed by atoms with Gasteiger partial charge in [0.25, 0.3) is 0 Å². The fraction of sp³-hybridized carbons (Fsp3) is 0.294. The highest BCUT2D eigenvalue weighted by Crippen LogP contribution is 2.23. The Hall–Kier alpha value is -2.36. The van der Waals surface area contributed by atoms with E-state index in [4.69, 9.17) is 9.47 Å². The van der Waals surface area contributed by atoms with Crippen molar-refractivity contribution in [3.63, 3.8) is 0 Å². The van der Waals surface area contributed by atoms with E-state index in [1.54, 1.807) is 26.5 Å². The third-order valence-corrected chi connectivity index (χ3v) is 3.41. The van der Waals surface area contributed by atoms with Crippen molar-refractivity contribution in [2.24, 2.45) is 0 Å². The summed E-state index contributed by atoms with van der Waals surface area (Å²) in [6.07, 6.45) is 1.99. The molecule has 4 heteroatoms. The van der Waals surface area contributed by atoms with Crippen molar-refractivity contribution in [2.75, 3.05) is 14.2 Å². The monoisotopic (exact) mass is 285 g/mol. The number of ether oxygens (including phenoxy) is 2. The molecule has 4 nitrogen and oxygen atoms in total. The first kappa shape index (κ1) is 15.0. The number of Topliss-reactive ketones (excluding diaryl/α,β-unsaturated/α-hetero) is 1. The van der Waals surface area contributed by atoms with Crippen molar-refractivity contribution < 1.29 is 14.3 Å². The van der Waals surface area contributed by atoms with E-state index in [9.17, 15) is 4.79 Å². The summed E-state index contributed by atoms with van der Waals surface area (Å²) in [6, 6.07) is 7.40. The quantitative estimate of drug-likeness (QED) is 0.792. The van der Waals surface area contributed by atoms with Crippen LogP contribution in [0.15, 0.2) is 30.5 Å². The highest BCUT2D eigenvalue weighted by Gasteiger charge is 2.13. The van der Waals surface area contributed by atoms with Gasteiger partial charge in [-0.2, -0.15) is 0 Å². The molecule has 2 aromatic rings. The Morgan fingerprint density at radius 3 is 2.43 bits per heavy atom. The van der Waals surface area contributed by atoms with Crippen LogP contribution in [0.5, 0.6) is 11.6 Å². The minimum absolute atomic E-state index is 0.0743. The predicted molar refractivity (Wildman–Crippen MR) is 81.3 cm³/mol. The normalized spacial score (nSPS) is 10.3. The molecule has 110 valence electrons. The maximum absolute atomic E-state index is 12.4. The molecule has 2 rings (SSSR count). The Balaban J connectivity index is 2.21. The van der Waals surface area contributed by atoms with E-state index in [0.29, 0.717) is 12.3 Å². The topological polar surface area (TPSA) is 48.4 Å². The van der Waals surface area contributed by atoms with Gasteiger partial charge in [0.1, 0.15) is 5.75 Å². The maximum Gasteiger partial charge on any atom is 0.212 e. The molecular weight excluding hydrogens is 266 g/mol. The fourth-order valence-corrected chi connectivity index (χ4v) is 2.23. The van der Waals surface area contributed by atoms with Crippen molar-refractivity contribution in [2.45, 2.75) is 20.3 Å². The van der Waals surface area contributed by atoms with E-state index in [1.165, 1.54) is 0 Å². The van der Waals surface area contributed by atoms with Crippen molar-refractivity contribution >= 4 is 5.78 Å². The van der Waals surface area contributed by atoms with Crippen LogP contribution in [0.3, 0.4) is 0 Å². The highest BCUT2D eigenvalue weighted by molar-refractivity contribution is 5.99. The van der Waals surface area contributed by atoms with Gasteiger partial charge in [-0.3, -0.25) is 4.79 Å². The molecule has 0 radical (unpaired) electrons. The van der Waals surface area contributed by atoms with Crippen LogP contribution in [0.4, 0.5) is 0 Å². The zero-order valence-electron chi connectivity index (χ0n) is 12.8. The number of aromatic nitrogens is 1. The molecule has 0 amide bonds. The molecule has 0 fully saturated rings. The summed E-state index contributed by atoms with van der Waals surface area (Å²) in [5.41, 5.74) is 3.47. The smallest absolute Gasteiger partial charge is 0.212 e. The van der Waals surface area contributed by atoms with Crippen LogP contribution in [-0.2, 0) is 6.42 Å². The van der Waals surface area contributed by atoms with Crippen LogP contribution in [0, 0.1) is 13.8 Å². The molecule has 0 aliphatic carbocycles. The SMILES string of the molecule is COc1ccc(CC(=O)c2cc(C)c(OC)cc2C)cn1. The largest absolute Gasteiger partial charge is 0.496 e. The zero-order valence-corrected chi connectivity index (χ0v) is 12.8. The van der Waals surface area contributed by atoms with Gasteiger partial charge in [0.2, 0.25) is 5.88 Å². The average Bonchev–Trinajstić information content (AvgIpc) is 2.49. The lowest BCUT2D eigenvalue weighted by atomic mass is 9.97. The predicted octanol–water partition coefficient (Wildman–Crippen LogP) is 3.14. The number of carbonyl (C=O) groups excluding carboxylic acids is 1. The third-order valence-electron chi connectivity index (χ3n) is 3.41. The van der Waals surface area contributed by atoms with Gasteiger partial charge in [0.15, 0.2) is 5.78 Å². The number of benzene rings is 1. The molecule has 1 aromatic heterocycles. The Bertz CT molecular complexity index is 648. The van der Waals surface area contributed by atoms with E-state index in [0.717, 1.165) is 28.0 Å². The van der Waals surface area contributed by atoms with E-state index in [2.05, 4.69) is 4.98 Å². The van der Waals surface area contributed by atoms with Crippen LogP contribution in [0.25, 0.3) is 0 Å². The van der Waals surface area contributed by atoms with Gasteiger partial charge in [0.05, 0.1) is 14.2 Å². The van der Waals surface area contributed by atoms with Gasteiger partial charge < -0.3 is 9.47 Å². The molecule has 0 atom stereocenters. The second kappa shape index (κ2) is 6.39. The third kappa shape index (κ3) is 3.40. The van der Waals surface area contributed by atoms with Crippen LogP contribution >= 0.6 is 0 Å². The van der Waals surface area contributed by atoms with E-state index in [1.807, 2.05) is 32.0 Å². The standard InChI is InChI=1S/C17H19NO3/c1-11-8-16(20-3)12(2)7-14(11)15(19)9-13-5-6-17(21-4)18-10-13/h5-8,10H,9H2,1-4H3. The van der Waals surface area contributed by atoms with Crippen molar-refractivity contribution in [1.29, 1.82) is 0 Å². The summed E-state index contributed by atoms with van der Waals surface area (Å²) in [5, 5.41) is 0. The fourth-order valence-electron chi connectivity index (χ4n) is 2.23. The van der Waals surface area contributed by atoms with Crippen LogP contribution < -0.4 is 9.47 Å². The number of methoxy groups -OCH3 is 2. The summed E-state index contributed by atoms with van der Waals surface area (Å²) in [7, 11) is 3.20. The van der Waals surface area contributed by atoms with Crippen molar-refractivity contribution in [3.8, 4) is 11.6 Å². The molecule has 0 saturated heterocycles. The molecule has 0 unspecified atom stereocenters. The number of pyridine rings is 1. The lowest BCUT2D eigenvalue weighted by molar-refractivity contribution is 0.0992. The number of rotatable bonds is 5. The lowest BCUT2D eigenvalue weighted by Crippen LogP contribution is -2.07. The number of nitrogens with zero attached hydrogens (tertiary/aromatic N) is 1. The molecule has 0 saturated carbocycles. The molecular formula is C17H19NO3. The molecule has 0 N–H and O–H groups in total. The van der Waals surface area contributed by atoms with Crippen LogP contribution in [0.2, 0.25) is 0 Å². The average molecular weight is 285 g/mol. The molecule has 21 heavy (non-hydrogen) atoms. The molecule has 0 aliphatic heterocycles. The Morgan fingerprint density at radius 1 is 1.10 bits per heavy atom. The number of ketones is 1. The molecule has 1 aromatic carbocycles. The highest BCUT2D eigenvalue weighted by atomic mass is 16.5. The summed E-state index contributed by atoms with van der Waals surface area (Å²) < 4.78 is 10.3. The van der Waals surface area contributed by atoms with Gasteiger partial charge in [0, 0.05) is 24.2 Å². The summed E-state index contributed by atoms with van der Waals surface area (Å²) in [4.78, 5) is 16.6. The van der Waals surface area contributed by atoms with Crippen LogP contribution in [0.1, 0.15) is 27.0 Å². The Kier molecular flexibility index (Phi) is 4.58. The number of carbonyl (C=O) groups is 1.